The zero-order chi connectivity index (χ0) is 11.0. The monoisotopic (exact) mass is 200 g/mol. The van der Waals surface area contributed by atoms with Crippen molar-refractivity contribution >= 4 is 11.8 Å². The van der Waals surface area contributed by atoms with E-state index in [1.807, 2.05) is 0 Å². The van der Waals surface area contributed by atoms with Crippen LogP contribution in [0.1, 0.15) is 32.6 Å². The zero-order valence-corrected chi connectivity index (χ0v) is 8.25. The van der Waals surface area contributed by atoms with E-state index in [1.165, 1.54) is 0 Å². The molecule has 5 heteroatoms. The Hall–Kier alpha value is -1.36. The summed E-state index contributed by atoms with van der Waals surface area (Å²) in [4.78, 5) is 21.1. The Bertz CT molecular complexity index is 236. The van der Waals surface area contributed by atoms with Gasteiger partial charge in [-0.2, -0.15) is 0 Å². The van der Waals surface area contributed by atoms with Crippen molar-refractivity contribution in [3.8, 4) is 0 Å². The molecule has 0 bridgehead atoms. The van der Waals surface area contributed by atoms with Gasteiger partial charge in [0.15, 0.2) is 0 Å². The largest absolute Gasteiger partial charge is 0.366 e. The summed E-state index contributed by atoms with van der Waals surface area (Å²) in [5.74, 6) is -0.807. The molecule has 0 rings (SSSR count). The van der Waals surface area contributed by atoms with Gasteiger partial charge in [-0.15, -0.1) is 0 Å². The maximum Gasteiger partial charge on any atom is 0.244 e. The Labute approximate surface area is 82.9 Å². The van der Waals surface area contributed by atoms with Crippen molar-refractivity contribution in [3.05, 3.63) is 11.6 Å². The molecule has 0 aromatic carbocycles. The summed E-state index contributed by atoms with van der Waals surface area (Å²) >= 11 is 0. The molecule has 0 saturated heterocycles. The van der Waals surface area contributed by atoms with E-state index in [1.54, 1.807) is 18.5 Å². The first-order chi connectivity index (χ1) is 6.57. The lowest BCUT2D eigenvalue weighted by Crippen LogP contribution is -2.17. The molecule has 5 nitrogen and oxygen atoms in total. The fourth-order valence-corrected chi connectivity index (χ4v) is 0.905. The quantitative estimate of drug-likeness (QED) is 0.252. The topological polar surface area (TPSA) is 92.4 Å². The molecule has 0 saturated carbocycles. The van der Waals surface area contributed by atoms with Gasteiger partial charge in [-0.3, -0.25) is 14.8 Å². The van der Waals surface area contributed by atoms with Gasteiger partial charge in [-0.05, 0) is 26.2 Å². The number of rotatable bonds is 6. The maximum absolute atomic E-state index is 10.6. The predicted octanol–water partition coefficient (Wildman–Crippen LogP) is 0.484. The van der Waals surface area contributed by atoms with Gasteiger partial charge in [0.25, 0.3) is 0 Å². The molecule has 0 unspecified atom stereocenters. The molecule has 0 radical (unpaired) electrons. The Kier molecular flexibility index (Phi) is 6.39. The van der Waals surface area contributed by atoms with Gasteiger partial charge >= 0.3 is 0 Å². The minimum Gasteiger partial charge on any atom is -0.366 e. The van der Waals surface area contributed by atoms with Crippen molar-refractivity contribution in [2.45, 2.75) is 32.6 Å². The molecule has 0 heterocycles. The summed E-state index contributed by atoms with van der Waals surface area (Å²) in [6, 6.07) is 0. The van der Waals surface area contributed by atoms with Gasteiger partial charge in [0.05, 0.1) is 0 Å². The normalized spacial score (nSPS) is 11.1. The molecule has 0 aliphatic heterocycles. The highest BCUT2D eigenvalue weighted by Crippen LogP contribution is 2.03. The number of allylic oxidation sites excluding steroid dienone is 1. The smallest absolute Gasteiger partial charge is 0.244 e. The first kappa shape index (κ1) is 12.6. The van der Waals surface area contributed by atoms with Crippen molar-refractivity contribution < 1.29 is 14.8 Å². The molecule has 0 fully saturated rings. The van der Waals surface area contributed by atoms with Gasteiger partial charge < -0.3 is 5.73 Å². The van der Waals surface area contributed by atoms with E-state index in [2.05, 4.69) is 0 Å². The molecule has 0 atom stereocenters. The van der Waals surface area contributed by atoms with Crippen LogP contribution in [0.15, 0.2) is 11.6 Å². The van der Waals surface area contributed by atoms with Crippen LogP contribution in [0.25, 0.3) is 0 Å². The van der Waals surface area contributed by atoms with Gasteiger partial charge in [0.2, 0.25) is 11.8 Å². The van der Waals surface area contributed by atoms with E-state index in [-0.39, 0.29) is 5.91 Å². The fourth-order valence-electron chi connectivity index (χ4n) is 0.905. The molecule has 14 heavy (non-hydrogen) atoms. The van der Waals surface area contributed by atoms with Crippen molar-refractivity contribution in [2.75, 3.05) is 0 Å². The van der Waals surface area contributed by atoms with E-state index in [4.69, 9.17) is 10.9 Å². The summed E-state index contributed by atoms with van der Waals surface area (Å²) in [6.45, 7) is 1.66. The number of amides is 2. The average molecular weight is 200 g/mol. The molecule has 0 aliphatic carbocycles. The predicted molar refractivity (Wildman–Crippen MR) is 51.3 cm³/mol. The second kappa shape index (κ2) is 7.08. The summed E-state index contributed by atoms with van der Waals surface area (Å²) in [7, 11) is 0. The maximum atomic E-state index is 10.6. The third-order valence-electron chi connectivity index (χ3n) is 1.82. The van der Waals surface area contributed by atoms with Gasteiger partial charge in [-0.1, -0.05) is 6.08 Å². The van der Waals surface area contributed by atoms with Crippen molar-refractivity contribution in [3.63, 3.8) is 0 Å². The number of primary amides is 1. The molecule has 4 N–H and O–H groups in total. The van der Waals surface area contributed by atoms with E-state index < -0.39 is 5.91 Å². The van der Waals surface area contributed by atoms with Crippen LogP contribution in [0.4, 0.5) is 0 Å². The molecule has 0 aliphatic rings. The fraction of sp³-hybridized carbons (Fsp3) is 0.556. The lowest BCUT2D eigenvalue weighted by molar-refractivity contribution is -0.129. The Balaban J connectivity index is 3.51. The molecule has 0 spiro atoms. The second-order valence-electron chi connectivity index (χ2n) is 3.03. The first-order valence-electron chi connectivity index (χ1n) is 4.47. The lowest BCUT2D eigenvalue weighted by Gasteiger charge is -1.97. The minimum atomic E-state index is -0.418. The average Bonchev–Trinajstić information content (AvgIpc) is 2.16. The summed E-state index contributed by atoms with van der Waals surface area (Å²) in [5.41, 5.74) is 7.11. The van der Waals surface area contributed by atoms with Gasteiger partial charge in [0.1, 0.15) is 0 Å². The van der Waals surface area contributed by atoms with E-state index in [9.17, 15) is 9.59 Å². The van der Waals surface area contributed by atoms with E-state index in [0.717, 1.165) is 6.42 Å². The number of nitrogens with one attached hydrogen (secondary N) is 1. The van der Waals surface area contributed by atoms with Crippen LogP contribution in [0.3, 0.4) is 0 Å². The van der Waals surface area contributed by atoms with Crippen LogP contribution >= 0.6 is 0 Å². The number of hydroxylamine groups is 1. The highest BCUT2D eigenvalue weighted by atomic mass is 16.5. The van der Waals surface area contributed by atoms with Crippen molar-refractivity contribution in [1.29, 1.82) is 0 Å². The van der Waals surface area contributed by atoms with Crippen molar-refractivity contribution in [2.24, 2.45) is 5.73 Å². The van der Waals surface area contributed by atoms with Gasteiger partial charge in [0, 0.05) is 12.0 Å². The second-order valence-corrected chi connectivity index (χ2v) is 3.03. The van der Waals surface area contributed by atoms with Crippen molar-refractivity contribution in [1.82, 2.24) is 5.48 Å². The summed E-state index contributed by atoms with van der Waals surface area (Å²) in [6.07, 6.45) is 4.22. The third kappa shape index (κ3) is 6.19. The summed E-state index contributed by atoms with van der Waals surface area (Å²) in [5, 5.41) is 8.18. The number of unbranched alkanes of at least 4 members (excludes halogenated alkanes) is 2. The SMILES string of the molecule is CC(=CCCCCC(=O)NO)C(N)=O. The Morgan fingerprint density at radius 1 is 1.43 bits per heavy atom. The Morgan fingerprint density at radius 3 is 2.57 bits per heavy atom. The van der Waals surface area contributed by atoms with Crippen LogP contribution in [0.2, 0.25) is 0 Å². The minimum absolute atomic E-state index is 0.292. The number of nitrogens with two attached hydrogens (primary N) is 1. The highest BCUT2D eigenvalue weighted by Gasteiger charge is 1.98. The van der Waals surface area contributed by atoms with Crippen LogP contribution < -0.4 is 11.2 Å². The van der Waals surface area contributed by atoms with Crippen LogP contribution in [0.5, 0.6) is 0 Å². The number of hydrogen-bond donors (Lipinski definition) is 3. The molecular weight excluding hydrogens is 184 g/mol. The first-order valence-corrected chi connectivity index (χ1v) is 4.47. The standard InChI is InChI=1S/C9H16N2O3/c1-7(9(10)13)5-3-2-4-6-8(12)11-14/h5,14H,2-4,6H2,1H3,(H2,10,13)(H,11,12). The molecule has 2 amide bonds. The Morgan fingerprint density at radius 2 is 2.07 bits per heavy atom. The van der Waals surface area contributed by atoms with Crippen LogP contribution in [-0.4, -0.2) is 17.0 Å². The molecular formula is C9H16N2O3. The third-order valence-corrected chi connectivity index (χ3v) is 1.82. The summed E-state index contributed by atoms with van der Waals surface area (Å²) < 4.78 is 0. The number of hydrogen-bond acceptors (Lipinski definition) is 3. The number of carbonyl (C=O) groups excluding carboxylic acids is 2. The number of carbonyl (C=O) groups is 2. The van der Waals surface area contributed by atoms with E-state index in [0.29, 0.717) is 24.8 Å². The molecule has 0 aromatic rings. The lowest BCUT2D eigenvalue weighted by atomic mass is 10.1. The van der Waals surface area contributed by atoms with Crippen LogP contribution in [-0.2, 0) is 9.59 Å². The van der Waals surface area contributed by atoms with E-state index >= 15 is 0 Å². The van der Waals surface area contributed by atoms with Gasteiger partial charge in [-0.25, -0.2) is 5.48 Å². The van der Waals surface area contributed by atoms with Crippen LogP contribution in [0, 0.1) is 0 Å². The molecule has 0 aromatic heterocycles. The molecule has 80 valence electrons. The zero-order valence-electron chi connectivity index (χ0n) is 8.25. The highest BCUT2D eigenvalue weighted by molar-refractivity contribution is 5.91.